The third-order valence-corrected chi connectivity index (χ3v) is 6.02. The van der Waals surface area contributed by atoms with Gasteiger partial charge in [0, 0.05) is 19.2 Å². The van der Waals surface area contributed by atoms with Crippen molar-refractivity contribution >= 4 is 26.7 Å². The third-order valence-electron chi connectivity index (χ3n) is 4.66. The number of nitrogens with one attached hydrogen (secondary N) is 1. The van der Waals surface area contributed by atoms with Crippen LogP contribution < -0.4 is 14.2 Å². The average Bonchev–Trinajstić information content (AvgIpc) is 3.16. The Morgan fingerprint density at radius 1 is 1.09 bits per heavy atom. The maximum atomic E-state index is 15.0. The largest absolute Gasteiger partial charge is 0.487 e. The molecular formula is C20H16F3N5O4S. The van der Waals surface area contributed by atoms with Gasteiger partial charge in [-0.15, -0.1) is 0 Å². The van der Waals surface area contributed by atoms with Gasteiger partial charge in [0.05, 0.1) is 42.5 Å². The van der Waals surface area contributed by atoms with Crippen LogP contribution in [0.5, 0.6) is 11.6 Å². The van der Waals surface area contributed by atoms with E-state index in [2.05, 4.69) is 15.1 Å². The van der Waals surface area contributed by atoms with E-state index in [0.29, 0.717) is 17.1 Å². The summed E-state index contributed by atoms with van der Waals surface area (Å²) in [5.74, 6) is -3.25. The number of ether oxygens (including phenoxy) is 2. The number of aryl methyl sites for hydroxylation is 1. The van der Waals surface area contributed by atoms with Crippen LogP contribution in [-0.4, -0.2) is 35.3 Å². The lowest BCUT2D eigenvalue weighted by Gasteiger charge is -2.14. The first-order valence-electron chi connectivity index (χ1n) is 9.29. The van der Waals surface area contributed by atoms with E-state index in [1.807, 2.05) is 4.72 Å². The van der Waals surface area contributed by atoms with Gasteiger partial charge in [0.2, 0.25) is 5.88 Å². The van der Waals surface area contributed by atoms with Crippen LogP contribution in [0, 0.1) is 17.5 Å². The Hall–Kier alpha value is -3.87. The number of pyridine rings is 2. The van der Waals surface area contributed by atoms with Crippen LogP contribution in [0.15, 0.2) is 47.8 Å². The summed E-state index contributed by atoms with van der Waals surface area (Å²) in [4.78, 5) is 7.04. The van der Waals surface area contributed by atoms with Gasteiger partial charge in [0.1, 0.15) is 29.5 Å². The number of hydrogen-bond donors (Lipinski definition) is 1. The van der Waals surface area contributed by atoms with E-state index in [4.69, 9.17) is 9.47 Å². The fourth-order valence-electron chi connectivity index (χ4n) is 3.00. The van der Waals surface area contributed by atoms with Crippen molar-refractivity contribution in [3.05, 3.63) is 65.9 Å². The van der Waals surface area contributed by atoms with Gasteiger partial charge < -0.3 is 9.47 Å². The zero-order valence-corrected chi connectivity index (χ0v) is 18.0. The third kappa shape index (κ3) is 4.39. The summed E-state index contributed by atoms with van der Waals surface area (Å²) in [6.07, 6.45) is 3.69. The molecule has 3 heterocycles. The van der Waals surface area contributed by atoms with Gasteiger partial charge in [-0.3, -0.25) is 9.40 Å². The van der Waals surface area contributed by atoms with E-state index >= 15 is 4.39 Å². The number of methoxy groups -OCH3 is 1. The van der Waals surface area contributed by atoms with Crippen molar-refractivity contribution in [3.8, 4) is 11.6 Å². The average molecular weight is 479 g/mol. The molecule has 0 fully saturated rings. The van der Waals surface area contributed by atoms with E-state index in [1.54, 1.807) is 24.0 Å². The molecule has 0 bridgehead atoms. The maximum Gasteiger partial charge on any atom is 0.267 e. The van der Waals surface area contributed by atoms with Gasteiger partial charge in [-0.05, 0) is 12.1 Å². The topological polar surface area (TPSA) is 108 Å². The van der Waals surface area contributed by atoms with Crippen LogP contribution >= 0.6 is 0 Å². The van der Waals surface area contributed by atoms with Gasteiger partial charge in [-0.1, -0.05) is 0 Å². The molecule has 4 aromatic rings. The zero-order valence-electron chi connectivity index (χ0n) is 17.2. The summed E-state index contributed by atoms with van der Waals surface area (Å²) in [6.45, 7) is -0.552. The Bertz CT molecular complexity index is 1460. The molecule has 3 aromatic heterocycles. The number of benzene rings is 1. The Kier molecular flexibility index (Phi) is 5.80. The molecule has 1 N–H and O–H groups in total. The van der Waals surface area contributed by atoms with Crippen molar-refractivity contribution in [2.45, 2.75) is 11.5 Å². The number of aromatic nitrogens is 4. The highest BCUT2D eigenvalue weighted by Crippen LogP contribution is 2.28. The lowest BCUT2D eigenvalue weighted by molar-refractivity contribution is 0.292. The second-order valence-corrected chi connectivity index (χ2v) is 8.44. The molecule has 33 heavy (non-hydrogen) atoms. The number of fused-ring (bicyclic) bond motifs is 1. The normalized spacial score (nSPS) is 11.5. The van der Waals surface area contributed by atoms with E-state index in [0.717, 1.165) is 25.4 Å². The lowest BCUT2D eigenvalue weighted by atomic mass is 10.2. The summed E-state index contributed by atoms with van der Waals surface area (Å²) in [5, 5.41) is 4.05. The molecule has 0 aliphatic carbocycles. The highest BCUT2D eigenvalue weighted by Gasteiger charge is 2.25. The minimum atomic E-state index is -4.52. The van der Waals surface area contributed by atoms with E-state index in [9.17, 15) is 17.2 Å². The molecule has 9 nitrogen and oxygen atoms in total. The molecular weight excluding hydrogens is 463 g/mol. The second-order valence-electron chi connectivity index (χ2n) is 6.79. The van der Waals surface area contributed by atoms with Crippen LogP contribution in [0.2, 0.25) is 0 Å². The summed E-state index contributed by atoms with van der Waals surface area (Å²) < 4.78 is 82.1. The molecule has 0 saturated carbocycles. The minimum absolute atomic E-state index is 0.228. The summed E-state index contributed by atoms with van der Waals surface area (Å²) in [5.41, 5.74) is 0.166. The van der Waals surface area contributed by atoms with Crippen molar-refractivity contribution in [2.24, 2.45) is 7.05 Å². The van der Waals surface area contributed by atoms with Crippen LogP contribution in [0.3, 0.4) is 0 Å². The Labute approximate surface area is 185 Å². The number of rotatable bonds is 7. The van der Waals surface area contributed by atoms with Crippen LogP contribution in [-0.2, 0) is 23.7 Å². The molecule has 172 valence electrons. The van der Waals surface area contributed by atoms with Crippen LogP contribution in [0.25, 0.3) is 11.0 Å². The van der Waals surface area contributed by atoms with Gasteiger partial charge in [-0.2, -0.15) is 5.10 Å². The molecule has 0 atom stereocenters. The lowest BCUT2D eigenvalue weighted by Crippen LogP contribution is -2.17. The molecule has 1 aromatic carbocycles. The van der Waals surface area contributed by atoms with Crippen LogP contribution in [0.4, 0.5) is 18.9 Å². The first-order valence-corrected chi connectivity index (χ1v) is 10.8. The standard InChI is InChI=1S/C20H16F3N5O4S/c1-28-17-6-12(8-24-16(17)9-26-28)32-10-13-14(22)3-4-15(19(13)23)27-33(29,30)18-5-11(21)7-25-20(18)31-2/h3-9,27H,10H2,1-2H3. The monoisotopic (exact) mass is 479 g/mol. The highest BCUT2D eigenvalue weighted by molar-refractivity contribution is 7.92. The van der Waals surface area contributed by atoms with Crippen molar-refractivity contribution in [1.29, 1.82) is 0 Å². The van der Waals surface area contributed by atoms with Crippen molar-refractivity contribution < 1.29 is 31.1 Å². The molecule has 0 aliphatic rings. The Morgan fingerprint density at radius 2 is 1.88 bits per heavy atom. The second kappa shape index (κ2) is 8.58. The number of hydrogen-bond acceptors (Lipinski definition) is 7. The van der Waals surface area contributed by atoms with Gasteiger partial charge in [0.15, 0.2) is 10.7 Å². The van der Waals surface area contributed by atoms with Crippen molar-refractivity contribution in [2.75, 3.05) is 11.8 Å². The molecule has 0 spiro atoms. The molecule has 0 radical (unpaired) electrons. The predicted octanol–water partition coefficient (Wildman–Crippen LogP) is 3.17. The fraction of sp³-hybridized carbons (Fsp3) is 0.150. The zero-order chi connectivity index (χ0) is 23.8. The van der Waals surface area contributed by atoms with Crippen LogP contribution in [0.1, 0.15) is 5.56 Å². The van der Waals surface area contributed by atoms with Gasteiger partial charge in [0.25, 0.3) is 10.0 Å². The SMILES string of the molecule is COc1ncc(F)cc1S(=O)(=O)Nc1ccc(F)c(COc2cnc3cnn(C)c3c2)c1F. The number of halogens is 3. The first-order chi connectivity index (χ1) is 15.7. The highest BCUT2D eigenvalue weighted by atomic mass is 32.2. The number of sulfonamides is 1. The molecule has 0 aliphatic heterocycles. The van der Waals surface area contributed by atoms with E-state index < -0.39 is 56.1 Å². The summed E-state index contributed by atoms with van der Waals surface area (Å²) in [6, 6.07) is 4.04. The maximum absolute atomic E-state index is 15.0. The summed E-state index contributed by atoms with van der Waals surface area (Å²) >= 11 is 0. The number of nitrogens with zero attached hydrogens (tertiary/aromatic N) is 4. The fourth-order valence-corrected chi connectivity index (χ4v) is 4.20. The molecule has 0 amide bonds. The van der Waals surface area contributed by atoms with Gasteiger partial charge >= 0.3 is 0 Å². The summed E-state index contributed by atoms with van der Waals surface area (Å²) in [7, 11) is -1.68. The molecule has 0 saturated heterocycles. The van der Waals surface area contributed by atoms with Crippen molar-refractivity contribution in [3.63, 3.8) is 0 Å². The molecule has 0 unspecified atom stereocenters. The Balaban J connectivity index is 1.61. The molecule has 13 heteroatoms. The first kappa shape index (κ1) is 22.3. The molecule has 4 rings (SSSR count). The van der Waals surface area contributed by atoms with E-state index in [-0.39, 0.29) is 5.75 Å². The van der Waals surface area contributed by atoms with Crippen molar-refractivity contribution in [1.82, 2.24) is 19.7 Å². The Morgan fingerprint density at radius 3 is 2.64 bits per heavy atom. The smallest absolute Gasteiger partial charge is 0.267 e. The van der Waals surface area contributed by atoms with Gasteiger partial charge in [-0.25, -0.2) is 31.6 Å². The van der Waals surface area contributed by atoms with E-state index in [1.165, 1.54) is 6.20 Å². The quantitative estimate of drug-likeness (QED) is 0.434. The predicted molar refractivity (Wildman–Crippen MR) is 111 cm³/mol. The minimum Gasteiger partial charge on any atom is -0.487 e. The number of anilines is 1.